The molecule has 0 amide bonds. The van der Waals surface area contributed by atoms with E-state index in [1.54, 1.807) is 18.2 Å². The molecule has 19 heavy (non-hydrogen) atoms. The summed E-state index contributed by atoms with van der Waals surface area (Å²) in [6.07, 6.45) is 0. The zero-order valence-corrected chi connectivity index (χ0v) is 9.99. The molecule has 4 heteroatoms. The van der Waals surface area contributed by atoms with E-state index in [1.807, 2.05) is 30.3 Å². The van der Waals surface area contributed by atoms with Crippen LogP contribution in [0.25, 0.3) is 16.9 Å². The first kappa shape index (κ1) is 11.5. The number of aromatic hydroxyl groups is 1. The summed E-state index contributed by atoms with van der Waals surface area (Å²) in [6.45, 7) is 0. The summed E-state index contributed by atoms with van der Waals surface area (Å²) < 4.78 is 15.1. The fourth-order valence-electron chi connectivity index (χ4n) is 1.93. The number of halogens is 1. The van der Waals surface area contributed by atoms with Gasteiger partial charge in [0, 0.05) is 11.6 Å². The highest BCUT2D eigenvalue weighted by molar-refractivity contribution is 5.61. The van der Waals surface area contributed by atoms with Gasteiger partial charge in [-0.15, -0.1) is 0 Å². The lowest BCUT2D eigenvalue weighted by Crippen LogP contribution is -1.95. The molecule has 3 nitrogen and oxygen atoms in total. The number of hydrogen-bond donors (Lipinski definition) is 1. The van der Waals surface area contributed by atoms with Gasteiger partial charge in [0.1, 0.15) is 5.82 Å². The second kappa shape index (κ2) is 4.57. The van der Waals surface area contributed by atoms with Crippen LogP contribution in [0, 0.1) is 5.82 Å². The Morgan fingerprint density at radius 1 is 0.947 bits per heavy atom. The molecule has 94 valence electrons. The summed E-state index contributed by atoms with van der Waals surface area (Å²) in [5, 5.41) is 14.2. The first-order valence-electron chi connectivity index (χ1n) is 5.85. The normalized spacial score (nSPS) is 10.6. The molecule has 0 spiro atoms. The second-order valence-corrected chi connectivity index (χ2v) is 4.11. The number of para-hydroxylation sites is 1. The van der Waals surface area contributed by atoms with Gasteiger partial charge in [-0.1, -0.05) is 30.3 Å². The smallest absolute Gasteiger partial charge is 0.214 e. The van der Waals surface area contributed by atoms with Crippen molar-refractivity contribution in [2.75, 3.05) is 0 Å². The fraction of sp³-hybridized carbons (Fsp3) is 0. The Balaban J connectivity index is 2.10. The van der Waals surface area contributed by atoms with E-state index in [0.29, 0.717) is 11.3 Å². The molecule has 0 atom stereocenters. The SMILES string of the molecule is Oc1cc(-c2ccccc2F)nn1-c1ccccc1. The highest BCUT2D eigenvalue weighted by Crippen LogP contribution is 2.26. The van der Waals surface area contributed by atoms with Crippen molar-refractivity contribution in [2.24, 2.45) is 0 Å². The molecule has 1 N–H and O–H groups in total. The van der Waals surface area contributed by atoms with Crippen molar-refractivity contribution in [1.29, 1.82) is 0 Å². The summed E-state index contributed by atoms with van der Waals surface area (Å²) in [5.41, 5.74) is 1.49. The minimum atomic E-state index is -0.361. The summed E-state index contributed by atoms with van der Waals surface area (Å²) in [4.78, 5) is 0. The molecule has 1 aromatic heterocycles. The Bertz CT molecular complexity index is 707. The van der Waals surface area contributed by atoms with E-state index in [-0.39, 0.29) is 11.7 Å². The maximum atomic E-state index is 13.7. The predicted octanol–water partition coefficient (Wildman–Crippen LogP) is 3.38. The lowest BCUT2D eigenvalue weighted by atomic mass is 10.1. The van der Waals surface area contributed by atoms with E-state index in [9.17, 15) is 9.50 Å². The second-order valence-electron chi connectivity index (χ2n) is 4.11. The fourth-order valence-corrected chi connectivity index (χ4v) is 1.93. The molecule has 2 aromatic carbocycles. The molecule has 0 saturated carbocycles. The Kier molecular flexibility index (Phi) is 2.76. The van der Waals surface area contributed by atoms with Crippen LogP contribution in [0.1, 0.15) is 0 Å². The van der Waals surface area contributed by atoms with Gasteiger partial charge in [-0.25, -0.2) is 9.07 Å². The Morgan fingerprint density at radius 3 is 2.37 bits per heavy atom. The Labute approximate surface area is 109 Å². The van der Waals surface area contributed by atoms with Crippen molar-refractivity contribution in [2.45, 2.75) is 0 Å². The Morgan fingerprint density at radius 2 is 1.63 bits per heavy atom. The standard InChI is InChI=1S/C15H11FN2O/c16-13-9-5-4-8-12(13)14-10-15(19)18(17-14)11-6-2-1-3-7-11/h1-10,19H. The molecule has 0 saturated heterocycles. The van der Waals surface area contributed by atoms with Gasteiger partial charge in [0.05, 0.1) is 11.4 Å². The zero-order valence-electron chi connectivity index (χ0n) is 9.99. The van der Waals surface area contributed by atoms with Crippen LogP contribution in [0.3, 0.4) is 0 Å². The van der Waals surface area contributed by atoms with Crippen LogP contribution < -0.4 is 0 Å². The molecule has 1 heterocycles. The predicted molar refractivity (Wildman–Crippen MR) is 70.6 cm³/mol. The van der Waals surface area contributed by atoms with Crippen molar-refractivity contribution >= 4 is 0 Å². The zero-order chi connectivity index (χ0) is 13.2. The van der Waals surface area contributed by atoms with Crippen LogP contribution in [0.15, 0.2) is 60.7 Å². The summed E-state index contributed by atoms with van der Waals surface area (Å²) in [5.74, 6) is -0.385. The van der Waals surface area contributed by atoms with Gasteiger partial charge < -0.3 is 5.11 Å². The van der Waals surface area contributed by atoms with Crippen LogP contribution >= 0.6 is 0 Å². The highest BCUT2D eigenvalue weighted by Gasteiger charge is 2.12. The number of nitrogens with zero attached hydrogens (tertiary/aromatic N) is 2. The van der Waals surface area contributed by atoms with E-state index in [4.69, 9.17) is 0 Å². The topological polar surface area (TPSA) is 38.1 Å². The van der Waals surface area contributed by atoms with E-state index in [2.05, 4.69) is 5.10 Å². The highest BCUT2D eigenvalue weighted by atomic mass is 19.1. The quantitative estimate of drug-likeness (QED) is 0.761. The van der Waals surface area contributed by atoms with Crippen LogP contribution in [0.4, 0.5) is 4.39 Å². The summed E-state index contributed by atoms with van der Waals surface area (Å²) in [7, 11) is 0. The third kappa shape index (κ3) is 2.08. The average molecular weight is 254 g/mol. The summed E-state index contributed by atoms with van der Waals surface area (Å²) in [6, 6.07) is 17.0. The van der Waals surface area contributed by atoms with Gasteiger partial charge in [0.25, 0.3) is 0 Å². The van der Waals surface area contributed by atoms with Gasteiger partial charge in [-0.05, 0) is 24.3 Å². The molecule has 0 fully saturated rings. The van der Waals surface area contributed by atoms with Crippen molar-refractivity contribution in [3.8, 4) is 22.8 Å². The molecule has 0 bridgehead atoms. The minimum Gasteiger partial charge on any atom is -0.493 e. The molecule has 0 radical (unpaired) electrons. The van der Waals surface area contributed by atoms with Gasteiger partial charge in [0.15, 0.2) is 0 Å². The summed E-state index contributed by atoms with van der Waals surface area (Å²) >= 11 is 0. The third-order valence-electron chi connectivity index (χ3n) is 2.84. The minimum absolute atomic E-state index is 0.0237. The van der Waals surface area contributed by atoms with Gasteiger partial charge in [-0.2, -0.15) is 5.10 Å². The molecule has 3 aromatic rings. The van der Waals surface area contributed by atoms with Gasteiger partial charge in [-0.3, -0.25) is 0 Å². The number of aromatic nitrogens is 2. The molecule has 3 rings (SSSR count). The van der Waals surface area contributed by atoms with E-state index in [0.717, 1.165) is 5.69 Å². The van der Waals surface area contributed by atoms with Crippen LogP contribution in [0.2, 0.25) is 0 Å². The lowest BCUT2D eigenvalue weighted by Gasteiger charge is -2.01. The lowest BCUT2D eigenvalue weighted by molar-refractivity contribution is 0.433. The number of rotatable bonds is 2. The monoisotopic (exact) mass is 254 g/mol. The van der Waals surface area contributed by atoms with Gasteiger partial charge >= 0.3 is 0 Å². The average Bonchev–Trinajstić information content (AvgIpc) is 2.82. The van der Waals surface area contributed by atoms with E-state index in [1.165, 1.54) is 16.8 Å². The van der Waals surface area contributed by atoms with Crippen molar-refractivity contribution in [3.63, 3.8) is 0 Å². The van der Waals surface area contributed by atoms with Crippen LogP contribution in [-0.4, -0.2) is 14.9 Å². The van der Waals surface area contributed by atoms with E-state index < -0.39 is 0 Å². The van der Waals surface area contributed by atoms with Crippen molar-refractivity contribution in [1.82, 2.24) is 9.78 Å². The maximum absolute atomic E-state index is 13.7. The molecule has 0 aliphatic rings. The third-order valence-corrected chi connectivity index (χ3v) is 2.84. The first-order chi connectivity index (χ1) is 9.25. The molecular formula is C15H11FN2O. The molecule has 0 aliphatic heterocycles. The number of hydrogen-bond acceptors (Lipinski definition) is 2. The first-order valence-corrected chi connectivity index (χ1v) is 5.85. The van der Waals surface area contributed by atoms with Crippen LogP contribution in [-0.2, 0) is 0 Å². The molecule has 0 unspecified atom stereocenters. The van der Waals surface area contributed by atoms with Crippen molar-refractivity contribution < 1.29 is 9.50 Å². The van der Waals surface area contributed by atoms with E-state index >= 15 is 0 Å². The molecule has 0 aliphatic carbocycles. The van der Waals surface area contributed by atoms with Crippen LogP contribution in [0.5, 0.6) is 5.88 Å². The maximum Gasteiger partial charge on any atom is 0.214 e. The van der Waals surface area contributed by atoms with Gasteiger partial charge in [0.2, 0.25) is 5.88 Å². The van der Waals surface area contributed by atoms with Crippen molar-refractivity contribution in [3.05, 3.63) is 66.5 Å². The molecular weight excluding hydrogens is 243 g/mol. The largest absolute Gasteiger partial charge is 0.493 e. The Hall–Kier alpha value is -2.62. The number of benzene rings is 2.